The fourth-order valence-corrected chi connectivity index (χ4v) is 1.63. The minimum Gasteiger partial charge on any atom is -0.465 e. The Morgan fingerprint density at radius 1 is 1.67 bits per heavy atom. The molecule has 2 rings (SSSR count). The second-order valence-corrected chi connectivity index (χ2v) is 3.68. The van der Waals surface area contributed by atoms with Crippen LogP contribution in [0.15, 0.2) is 28.9 Å². The molecular formula is C11H14N2O2. The third-order valence-corrected chi connectivity index (χ3v) is 2.47. The summed E-state index contributed by atoms with van der Waals surface area (Å²) in [7, 11) is 0. The van der Waals surface area contributed by atoms with Crippen LogP contribution in [0.2, 0.25) is 0 Å². The largest absolute Gasteiger partial charge is 0.465 e. The van der Waals surface area contributed by atoms with E-state index in [0.717, 1.165) is 13.0 Å². The number of rotatable bonds is 2. The number of furan rings is 1. The Labute approximate surface area is 88.3 Å². The van der Waals surface area contributed by atoms with E-state index in [2.05, 4.69) is 0 Å². The van der Waals surface area contributed by atoms with Crippen molar-refractivity contribution in [2.75, 3.05) is 13.1 Å². The van der Waals surface area contributed by atoms with Gasteiger partial charge >= 0.3 is 0 Å². The molecule has 15 heavy (non-hydrogen) atoms. The zero-order valence-electron chi connectivity index (χ0n) is 8.43. The minimum absolute atomic E-state index is 0.000602. The highest BCUT2D eigenvalue weighted by molar-refractivity contribution is 5.91. The number of carbonyl (C=O) groups excluding carboxylic acids is 1. The fourth-order valence-electron chi connectivity index (χ4n) is 1.63. The van der Waals surface area contributed by atoms with E-state index in [0.29, 0.717) is 12.3 Å². The van der Waals surface area contributed by atoms with Crippen LogP contribution in [0.25, 0.3) is 6.08 Å². The van der Waals surface area contributed by atoms with E-state index in [1.165, 1.54) is 6.08 Å². The number of nitrogens with two attached hydrogens (primary N) is 1. The molecule has 1 atom stereocenters. The summed E-state index contributed by atoms with van der Waals surface area (Å²) in [6, 6.07) is 3.72. The van der Waals surface area contributed by atoms with Gasteiger partial charge in [-0.25, -0.2) is 0 Å². The summed E-state index contributed by atoms with van der Waals surface area (Å²) < 4.78 is 5.09. The van der Waals surface area contributed by atoms with Crippen LogP contribution in [-0.2, 0) is 4.79 Å². The minimum atomic E-state index is -0.000602. The molecule has 1 saturated heterocycles. The van der Waals surface area contributed by atoms with Crippen molar-refractivity contribution in [2.24, 2.45) is 5.73 Å². The molecule has 4 heteroatoms. The van der Waals surface area contributed by atoms with Gasteiger partial charge in [-0.15, -0.1) is 0 Å². The third kappa shape index (κ3) is 2.47. The topological polar surface area (TPSA) is 59.5 Å². The Kier molecular flexibility index (Phi) is 2.87. The zero-order chi connectivity index (χ0) is 10.7. The number of hydrogen-bond acceptors (Lipinski definition) is 3. The Bertz CT molecular complexity index is 357. The molecule has 0 aliphatic carbocycles. The van der Waals surface area contributed by atoms with Gasteiger partial charge in [0, 0.05) is 25.2 Å². The van der Waals surface area contributed by atoms with E-state index in [9.17, 15) is 4.79 Å². The average Bonchev–Trinajstić information content (AvgIpc) is 2.84. The molecule has 0 unspecified atom stereocenters. The van der Waals surface area contributed by atoms with E-state index < -0.39 is 0 Å². The Balaban J connectivity index is 1.92. The Morgan fingerprint density at radius 3 is 3.13 bits per heavy atom. The van der Waals surface area contributed by atoms with E-state index >= 15 is 0 Å². The summed E-state index contributed by atoms with van der Waals surface area (Å²) in [4.78, 5) is 13.4. The van der Waals surface area contributed by atoms with Crippen LogP contribution in [0.1, 0.15) is 12.2 Å². The standard InChI is InChI=1S/C11H14N2O2/c12-9-5-6-13(8-9)11(14)4-3-10-2-1-7-15-10/h1-4,7,9H,5-6,8,12H2/b4-3+/t9-/m0/s1. The molecule has 1 aromatic heterocycles. The SMILES string of the molecule is N[C@H]1CCN(C(=O)/C=C/c2ccco2)C1. The van der Waals surface area contributed by atoms with Crippen molar-refractivity contribution in [1.82, 2.24) is 4.90 Å². The van der Waals surface area contributed by atoms with Gasteiger partial charge in [-0.1, -0.05) is 0 Å². The van der Waals surface area contributed by atoms with Crippen molar-refractivity contribution >= 4 is 12.0 Å². The molecule has 4 nitrogen and oxygen atoms in total. The molecule has 80 valence electrons. The van der Waals surface area contributed by atoms with Gasteiger partial charge in [-0.3, -0.25) is 4.79 Å². The first kappa shape index (κ1) is 9.98. The molecule has 2 N–H and O–H groups in total. The normalized spacial score (nSPS) is 21.4. The Morgan fingerprint density at radius 2 is 2.53 bits per heavy atom. The number of carbonyl (C=O) groups is 1. The second-order valence-electron chi connectivity index (χ2n) is 3.68. The van der Waals surface area contributed by atoms with Gasteiger partial charge in [0.25, 0.3) is 0 Å². The van der Waals surface area contributed by atoms with Crippen LogP contribution in [0, 0.1) is 0 Å². The summed E-state index contributed by atoms with van der Waals surface area (Å²) in [6.45, 7) is 1.41. The van der Waals surface area contributed by atoms with Gasteiger partial charge in [0.2, 0.25) is 5.91 Å². The monoisotopic (exact) mass is 206 g/mol. The van der Waals surface area contributed by atoms with Crippen molar-refractivity contribution in [3.05, 3.63) is 30.2 Å². The molecule has 0 bridgehead atoms. The molecule has 0 aromatic carbocycles. The molecule has 1 amide bonds. The molecule has 2 heterocycles. The van der Waals surface area contributed by atoms with Gasteiger partial charge in [-0.05, 0) is 24.6 Å². The highest BCUT2D eigenvalue weighted by atomic mass is 16.3. The lowest BCUT2D eigenvalue weighted by molar-refractivity contribution is -0.124. The van der Waals surface area contributed by atoms with Gasteiger partial charge in [0.15, 0.2) is 0 Å². The maximum Gasteiger partial charge on any atom is 0.246 e. The van der Waals surface area contributed by atoms with E-state index in [1.54, 1.807) is 29.4 Å². The van der Waals surface area contributed by atoms with Crippen LogP contribution in [-0.4, -0.2) is 29.9 Å². The van der Waals surface area contributed by atoms with Crippen LogP contribution in [0.4, 0.5) is 0 Å². The maximum absolute atomic E-state index is 11.6. The lowest BCUT2D eigenvalue weighted by atomic mass is 10.3. The van der Waals surface area contributed by atoms with Crippen LogP contribution < -0.4 is 5.73 Å². The summed E-state index contributed by atoms with van der Waals surface area (Å²) in [6.07, 6.45) is 5.67. The van der Waals surface area contributed by atoms with Crippen molar-refractivity contribution in [3.63, 3.8) is 0 Å². The van der Waals surface area contributed by atoms with Gasteiger partial charge < -0.3 is 15.1 Å². The predicted octanol–water partition coefficient (Wildman–Crippen LogP) is 0.852. The molecule has 0 saturated carbocycles. The van der Waals surface area contributed by atoms with E-state index in [1.807, 2.05) is 0 Å². The first-order valence-corrected chi connectivity index (χ1v) is 5.02. The van der Waals surface area contributed by atoms with Crippen molar-refractivity contribution in [2.45, 2.75) is 12.5 Å². The number of amides is 1. The lowest BCUT2D eigenvalue weighted by Crippen LogP contribution is -2.30. The highest BCUT2D eigenvalue weighted by Gasteiger charge is 2.21. The van der Waals surface area contributed by atoms with Crippen molar-refractivity contribution < 1.29 is 9.21 Å². The first-order chi connectivity index (χ1) is 7.25. The summed E-state index contributed by atoms with van der Waals surface area (Å²) in [5.41, 5.74) is 5.72. The summed E-state index contributed by atoms with van der Waals surface area (Å²) in [5, 5.41) is 0. The van der Waals surface area contributed by atoms with Gasteiger partial charge in [-0.2, -0.15) is 0 Å². The smallest absolute Gasteiger partial charge is 0.246 e. The predicted molar refractivity (Wildman–Crippen MR) is 56.9 cm³/mol. The van der Waals surface area contributed by atoms with E-state index in [4.69, 9.17) is 10.2 Å². The molecule has 0 spiro atoms. The van der Waals surface area contributed by atoms with Gasteiger partial charge in [0.05, 0.1) is 6.26 Å². The van der Waals surface area contributed by atoms with Crippen LogP contribution in [0.3, 0.4) is 0 Å². The quantitative estimate of drug-likeness (QED) is 0.730. The highest BCUT2D eigenvalue weighted by Crippen LogP contribution is 2.09. The fraction of sp³-hybridized carbons (Fsp3) is 0.364. The molecule has 1 fully saturated rings. The molecular weight excluding hydrogens is 192 g/mol. The lowest BCUT2D eigenvalue weighted by Gasteiger charge is -2.12. The maximum atomic E-state index is 11.6. The number of likely N-dealkylation sites (tertiary alicyclic amines) is 1. The third-order valence-electron chi connectivity index (χ3n) is 2.47. The van der Waals surface area contributed by atoms with Crippen LogP contribution >= 0.6 is 0 Å². The van der Waals surface area contributed by atoms with E-state index in [-0.39, 0.29) is 11.9 Å². The molecule has 1 aliphatic heterocycles. The Hall–Kier alpha value is -1.55. The summed E-state index contributed by atoms with van der Waals surface area (Å²) >= 11 is 0. The molecule has 1 aromatic rings. The van der Waals surface area contributed by atoms with Gasteiger partial charge in [0.1, 0.15) is 5.76 Å². The molecule has 0 radical (unpaired) electrons. The number of nitrogens with zero attached hydrogens (tertiary/aromatic N) is 1. The first-order valence-electron chi connectivity index (χ1n) is 5.02. The summed E-state index contributed by atoms with van der Waals surface area (Å²) in [5.74, 6) is 0.686. The molecule has 1 aliphatic rings. The number of hydrogen-bond donors (Lipinski definition) is 1. The van der Waals surface area contributed by atoms with Crippen molar-refractivity contribution in [1.29, 1.82) is 0 Å². The van der Waals surface area contributed by atoms with Crippen molar-refractivity contribution in [3.8, 4) is 0 Å². The van der Waals surface area contributed by atoms with Crippen LogP contribution in [0.5, 0.6) is 0 Å². The second kappa shape index (κ2) is 4.31. The average molecular weight is 206 g/mol. The zero-order valence-corrected chi connectivity index (χ0v) is 8.43.